The van der Waals surface area contributed by atoms with Gasteiger partial charge in [0.25, 0.3) is 0 Å². The van der Waals surface area contributed by atoms with Crippen LogP contribution in [0, 0.1) is 11.5 Å². The van der Waals surface area contributed by atoms with Crippen molar-refractivity contribution in [1.29, 1.82) is 5.41 Å². The molecule has 1 rings (SSSR count). The van der Waals surface area contributed by atoms with Crippen molar-refractivity contribution in [2.24, 2.45) is 5.73 Å². The maximum Gasteiger partial charge on any atom is 0.122 e. The van der Waals surface area contributed by atoms with Crippen molar-refractivity contribution in [3.63, 3.8) is 0 Å². The molecule has 0 atom stereocenters. The first-order valence-electron chi connectivity index (χ1n) is 2.61. The summed E-state index contributed by atoms with van der Waals surface area (Å²) in [5.41, 5.74) is 5.93. The second kappa shape index (κ2) is 3.90. The number of benzene rings is 1. The van der Waals surface area contributed by atoms with Crippen molar-refractivity contribution in [2.75, 3.05) is 0 Å². The number of nitrogens with two attached hydrogens (primary N) is 1. The zero-order valence-electron chi connectivity index (χ0n) is 5.29. The molecule has 10 heavy (non-hydrogen) atoms. The first-order valence-corrected chi connectivity index (χ1v) is 2.61. The molecule has 0 amide bonds. The Bertz CT molecular complexity index is 208. The van der Waals surface area contributed by atoms with Crippen molar-refractivity contribution in [3.8, 4) is 0 Å². The SMILES string of the molecule is Cl.N=C(N)c1cc[c]cc1. The molecule has 0 saturated carbocycles. The van der Waals surface area contributed by atoms with Gasteiger partial charge in [-0.15, -0.1) is 12.4 Å². The third-order valence-electron chi connectivity index (χ3n) is 1.03. The molecule has 3 N–H and O–H groups in total. The van der Waals surface area contributed by atoms with Crippen LogP contribution in [0.5, 0.6) is 0 Å². The van der Waals surface area contributed by atoms with Gasteiger partial charge in [-0.25, -0.2) is 0 Å². The van der Waals surface area contributed by atoms with Crippen LogP contribution in [0.25, 0.3) is 0 Å². The van der Waals surface area contributed by atoms with Gasteiger partial charge in [-0.3, -0.25) is 5.41 Å². The fourth-order valence-corrected chi connectivity index (χ4v) is 0.566. The van der Waals surface area contributed by atoms with Gasteiger partial charge in [0.15, 0.2) is 0 Å². The second-order valence-electron chi connectivity index (χ2n) is 1.70. The molecule has 1 aromatic carbocycles. The number of nitrogen functional groups attached to an aromatic ring is 1. The van der Waals surface area contributed by atoms with E-state index in [2.05, 4.69) is 6.07 Å². The number of hydrogen-bond acceptors (Lipinski definition) is 1. The van der Waals surface area contributed by atoms with E-state index in [1.54, 1.807) is 24.3 Å². The predicted octanol–water partition coefficient (Wildman–Crippen LogP) is 1.19. The number of nitrogens with one attached hydrogen (secondary N) is 1. The van der Waals surface area contributed by atoms with Gasteiger partial charge >= 0.3 is 0 Å². The highest BCUT2D eigenvalue weighted by molar-refractivity contribution is 5.94. The zero-order valence-corrected chi connectivity index (χ0v) is 6.11. The lowest BCUT2D eigenvalue weighted by molar-refractivity contribution is 1.42. The van der Waals surface area contributed by atoms with Crippen molar-refractivity contribution in [2.45, 2.75) is 0 Å². The molecule has 0 aliphatic heterocycles. The fraction of sp³-hybridized carbons (Fsp3) is 0. The van der Waals surface area contributed by atoms with E-state index in [1.807, 2.05) is 0 Å². The lowest BCUT2D eigenvalue weighted by Gasteiger charge is -1.92. The largest absolute Gasteiger partial charge is 0.384 e. The Hall–Kier alpha value is -1.02. The van der Waals surface area contributed by atoms with Gasteiger partial charge in [-0.2, -0.15) is 0 Å². The molecule has 0 saturated heterocycles. The fourth-order valence-electron chi connectivity index (χ4n) is 0.566. The van der Waals surface area contributed by atoms with E-state index < -0.39 is 0 Å². The smallest absolute Gasteiger partial charge is 0.122 e. The minimum Gasteiger partial charge on any atom is -0.384 e. The topological polar surface area (TPSA) is 49.9 Å². The maximum absolute atomic E-state index is 7.00. The number of halogens is 1. The summed E-state index contributed by atoms with van der Waals surface area (Å²) in [5.74, 6) is 0.101. The molecule has 1 aromatic rings. The number of hydrogen-bond donors (Lipinski definition) is 2. The van der Waals surface area contributed by atoms with Crippen molar-refractivity contribution < 1.29 is 0 Å². The zero-order chi connectivity index (χ0) is 6.69. The molecule has 0 aromatic heterocycles. The van der Waals surface area contributed by atoms with Crippen LogP contribution >= 0.6 is 12.4 Å². The molecule has 0 aliphatic rings. The van der Waals surface area contributed by atoms with Crippen LogP contribution in [0.1, 0.15) is 5.56 Å². The maximum atomic E-state index is 7.00. The molecule has 0 heterocycles. The van der Waals surface area contributed by atoms with E-state index in [4.69, 9.17) is 11.1 Å². The van der Waals surface area contributed by atoms with E-state index >= 15 is 0 Å². The average Bonchev–Trinajstić information content (AvgIpc) is 1.90. The van der Waals surface area contributed by atoms with Crippen LogP contribution in [0.15, 0.2) is 24.3 Å². The highest BCUT2D eigenvalue weighted by atomic mass is 35.5. The van der Waals surface area contributed by atoms with Crippen LogP contribution in [0.4, 0.5) is 0 Å². The summed E-state index contributed by atoms with van der Waals surface area (Å²) in [7, 11) is 0. The van der Waals surface area contributed by atoms with Gasteiger partial charge in [0.2, 0.25) is 0 Å². The van der Waals surface area contributed by atoms with E-state index in [-0.39, 0.29) is 18.2 Å². The lowest BCUT2D eigenvalue weighted by Crippen LogP contribution is -2.10. The van der Waals surface area contributed by atoms with Crippen LogP contribution in [0.2, 0.25) is 0 Å². The first kappa shape index (κ1) is 8.98. The predicted molar refractivity (Wildman–Crippen MR) is 43.5 cm³/mol. The summed E-state index contributed by atoms with van der Waals surface area (Å²) in [4.78, 5) is 0. The monoisotopic (exact) mass is 155 g/mol. The Kier molecular flexibility index (Phi) is 3.51. The Morgan fingerprint density at radius 3 is 2.20 bits per heavy atom. The van der Waals surface area contributed by atoms with Crippen LogP contribution in [-0.4, -0.2) is 5.84 Å². The van der Waals surface area contributed by atoms with Crippen molar-refractivity contribution in [3.05, 3.63) is 35.9 Å². The summed E-state index contributed by atoms with van der Waals surface area (Å²) in [5, 5.41) is 7.00. The van der Waals surface area contributed by atoms with Crippen LogP contribution in [-0.2, 0) is 0 Å². The van der Waals surface area contributed by atoms with E-state index in [1.165, 1.54) is 0 Å². The van der Waals surface area contributed by atoms with E-state index in [0.717, 1.165) is 5.56 Å². The standard InChI is InChI=1S/C7H7N2.ClH/c8-7(9)6-4-2-1-3-5-6;/h2-5H,(H3,8,9);1H. The van der Waals surface area contributed by atoms with Gasteiger partial charge in [-0.05, 0) is 6.07 Å². The van der Waals surface area contributed by atoms with Crippen molar-refractivity contribution in [1.82, 2.24) is 0 Å². The molecule has 3 heteroatoms. The van der Waals surface area contributed by atoms with E-state index in [0.29, 0.717) is 0 Å². The average molecular weight is 156 g/mol. The van der Waals surface area contributed by atoms with Crippen molar-refractivity contribution >= 4 is 18.2 Å². The Labute approximate surface area is 66.0 Å². The Morgan fingerprint density at radius 1 is 1.40 bits per heavy atom. The molecule has 0 aliphatic carbocycles. The Morgan fingerprint density at radius 2 is 1.90 bits per heavy atom. The lowest BCUT2D eigenvalue weighted by atomic mass is 10.2. The number of rotatable bonds is 1. The molecular formula is C7H8ClN2. The van der Waals surface area contributed by atoms with Gasteiger partial charge < -0.3 is 5.73 Å². The molecule has 0 fully saturated rings. The quantitative estimate of drug-likeness (QED) is 0.465. The first-order chi connectivity index (χ1) is 4.30. The van der Waals surface area contributed by atoms with Gasteiger partial charge in [0.05, 0.1) is 0 Å². The van der Waals surface area contributed by atoms with Gasteiger partial charge in [-0.1, -0.05) is 24.3 Å². The van der Waals surface area contributed by atoms with E-state index in [9.17, 15) is 0 Å². The number of amidine groups is 1. The molecule has 2 nitrogen and oxygen atoms in total. The van der Waals surface area contributed by atoms with Crippen LogP contribution in [0.3, 0.4) is 0 Å². The summed E-state index contributed by atoms with van der Waals surface area (Å²) < 4.78 is 0. The van der Waals surface area contributed by atoms with Crippen LogP contribution < -0.4 is 5.73 Å². The molecule has 0 spiro atoms. The third-order valence-corrected chi connectivity index (χ3v) is 1.03. The van der Waals surface area contributed by atoms with Gasteiger partial charge in [0, 0.05) is 5.56 Å². The second-order valence-corrected chi connectivity index (χ2v) is 1.70. The molecule has 53 valence electrons. The normalized spacial score (nSPS) is 8.00. The molecule has 0 unspecified atom stereocenters. The third kappa shape index (κ3) is 2.07. The molecule has 1 radical (unpaired) electrons. The summed E-state index contributed by atoms with van der Waals surface area (Å²) in [6, 6.07) is 9.81. The Balaban J connectivity index is 0.000000810. The molecule has 0 bridgehead atoms. The minimum atomic E-state index is 0. The highest BCUT2D eigenvalue weighted by Crippen LogP contribution is 1.94. The summed E-state index contributed by atoms with van der Waals surface area (Å²) in [6.45, 7) is 0. The molecular weight excluding hydrogens is 148 g/mol. The van der Waals surface area contributed by atoms with Gasteiger partial charge in [0.1, 0.15) is 5.84 Å². The summed E-state index contributed by atoms with van der Waals surface area (Å²) in [6.07, 6.45) is 0. The highest BCUT2D eigenvalue weighted by Gasteiger charge is 1.89. The minimum absolute atomic E-state index is 0. The summed E-state index contributed by atoms with van der Waals surface area (Å²) >= 11 is 0.